The second-order valence-electron chi connectivity index (χ2n) is 14.0. The molecule has 18 nitrogen and oxygen atoms in total. The number of phenols is 2. The van der Waals surface area contributed by atoms with Gasteiger partial charge in [-0.2, -0.15) is 0 Å². The molecule has 5 N–H and O–H groups in total. The van der Waals surface area contributed by atoms with E-state index in [1.807, 2.05) is 4.90 Å². The number of ketones is 3. The van der Waals surface area contributed by atoms with Crippen LogP contribution in [0.2, 0.25) is 0 Å². The highest BCUT2D eigenvalue weighted by molar-refractivity contribution is 6.31. The van der Waals surface area contributed by atoms with Crippen LogP contribution in [0, 0.1) is 0 Å². The third kappa shape index (κ3) is 8.02. The Balaban J connectivity index is 1.39. The van der Waals surface area contributed by atoms with E-state index in [-0.39, 0.29) is 34.4 Å². The van der Waals surface area contributed by atoms with E-state index in [2.05, 4.69) is 0 Å². The molecule has 18 heteroatoms. The van der Waals surface area contributed by atoms with E-state index in [0.29, 0.717) is 31.3 Å². The number of carbonyl (C=O) groups excluding carboxylic acids is 5. The third-order valence-electron chi connectivity index (χ3n) is 10.5. The number of carboxylic acids is 2. The number of carbonyl (C=O) groups is 7. The van der Waals surface area contributed by atoms with Crippen LogP contribution in [0.3, 0.4) is 0 Å². The number of ether oxygens (including phenoxy) is 5. The standard InChI is InChI=1S/C39H39NO17/c1-18-38(57-28(47)11-9-26(44)45)21(40-12-3-4-13-40)14-29(55-18)56-23-16-39(52,24(41)17-54-27(46)10-8-25(42)43)15-20-31(23)37(51)33-32(35(20)49)34(48)19-6-5-7-22(53-2)30(19)36(33)50/h5-11,18,21,23,29,38,49,51-52H,3-4,12-17H2,1-2H3,(H,42,43)(H,44,45)/b10-8+,11-9-/t18-,21-,23-,29-,38+,39-/m0/s1. The van der Waals surface area contributed by atoms with E-state index in [1.54, 1.807) is 6.92 Å². The topological polar surface area (TPSA) is 270 Å². The Hall–Kier alpha value is -5.95. The van der Waals surface area contributed by atoms with Crippen molar-refractivity contribution < 1.29 is 82.8 Å². The molecule has 4 aliphatic rings. The molecule has 2 aliphatic carbocycles. The SMILES string of the molecule is COc1cccc2c1C(=O)c1c(O)c3c(c(O)c1C2=O)C[C@@](O)(C(=O)COC(=O)/C=C/C(=O)O)C[C@@H]3O[C@H]1C[C@H](N2CCCC2)[C@H](OC(=O)/C=C\C(=O)O)[C@H](C)O1. The Kier molecular flexibility index (Phi) is 11.6. The molecule has 0 amide bonds. The van der Waals surface area contributed by atoms with Gasteiger partial charge in [-0.05, 0) is 38.9 Å². The number of benzene rings is 2. The van der Waals surface area contributed by atoms with Crippen LogP contribution in [0.5, 0.6) is 17.2 Å². The second-order valence-corrected chi connectivity index (χ2v) is 14.0. The van der Waals surface area contributed by atoms with Gasteiger partial charge in [0, 0.05) is 60.3 Å². The van der Waals surface area contributed by atoms with Gasteiger partial charge in [-0.3, -0.25) is 19.3 Å². The first-order valence-corrected chi connectivity index (χ1v) is 17.9. The van der Waals surface area contributed by atoms with Crippen LogP contribution in [0.25, 0.3) is 0 Å². The van der Waals surface area contributed by atoms with Gasteiger partial charge in [0.1, 0.15) is 29.0 Å². The summed E-state index contributed by atoms with van der Waals surface area (Å²) in [7, 11) is 1.29. The zero-order chi connectivity index (χ0) is 41.3. The fourth-order valence-electron chi connectivity index (χ4n) is 7.91. The maximum atomic E-state index is 14.1. The monoisotopic (exact) mass is 793 g/mol. The zero-order valence-electron chi connectivity index (χ0n) is 30.7. The molecule has 0 unspecified atom stereocenters. The van der Waals surface area contributed by atoms with Crippen LogP contribution in [0.4, 0.5) is 0 Å². The van der Waals surface area contributed by atoms with Gasteiger partial charge in [0.05, 0.1) is 42.0 Å². The van der Waals surface area contributed by atoms with Gasteiger partial charge in [0.2, 0.25) is 11.6 Å². The summed E-state index contributed by atoms with van der Waals surface area (Å²) in [6.07, 6.45) is -1.83. The number of rotatable bonds is 12. The number of carboxylic acid groups (broad SMARTS) is 2. The molecular weight excluding hydrogens is 754 g/mol. The number of nitrogens with zero attached hydrogens (tertiary/aromatic N) is 1. The lowest BCUT2D eigenvalue weighted by Gasteiger charge is -2.45. The van der Waals surface area contributed by atoms with Crippen molar-refractivity contribution in [3.8, 4) is 17.2 Å². The van der Waals surface area contributed by atoms with E-state index < -0.39 is 120 Å². The second kappa shape index (κ2) is 16.3. The molecule has 0 bridgehead atoms. The van der Waals surface area contributed by atoms with Gasteiger partial charge >= 0.3 is 23.9 Å². The summed E-state index contributed by atoms with van der Waals surface area (Å²) >= 11 is 0. The van der Waals surface area contributed by atoms with Crippen LogP contribution in [-0.2, 0) is 49.3 Å². The lowest BCUT2D eigenvalue weighted by Crippen LogP contribution is -2.56. The first-order chi connectivity index (χ1) is 27.0. The number of phenolic OH excluding ortho intramolecular Hbond substituents is 2. The first kappa shape index (κ1) is 40.7. The molecule has 0 aromatic heterocycles. The fourth-order valence-corrected chi connectivity index (χ4v) is 7.91. The molecule has 6 rings (SSSR count). The number of likely N-dealkylation sites (tertiary alicyclic amines) is 1. The van der Waals surface area contributed by atoms with Crippen LogP contribution in [-0.4, -0.2) is 129 Å². The highest BCUT2D eigenvalue weighted by Crippen LogP contribution is 2.52. The summed E-state index contributed by atoms with van der Waals surface area (Å²) in [6.45, 7) is 1.77. The minimum atomic E-state index is -2.50. The minimum absolute atomic E-state index is 0.0103. The first-order valence-electron chi connectivity index (χ1n) is 17.9. The van der Waals surface area contributed by atoms with Crippen molar-refractivity contribution in [2.24, 2.45) is 0 Å². The van der Waals surface area contributed by atoms with Crippen molar-refractivity contribution in [2.45, 2.75) is 75.3 Å². The molecule has 0 spiro atoms. The number of aromatic hydroxyl groups is 2. The fraction of sp³-hybridized carbons (Fsp3) is 0.410. The zero-order valence-corrected chi connectivity index (χ0v) is 30.7. The molecule has 2 saturated heterocycles. The maximum Gasteiger partial charge on any atom is 0.331 e. The molecule has 302 valence electrons. The molecule has 2 aliphatic heterocycles. The largest absolute Gasteiger partial charge is 0.507 e. The van der Waals surface area contributed by atoms with E-state index in [4.69, 9.17) is 33.9 Å². The molecular formula is C39H39NO17. The molecule has 2 aromatic rings. The summed E-state index contributed by atoms with van der Waals surface area (Å²) in [5.41, 5.74) is -4.50. The van der Waals surface area contributed by atoms with E-state index in [9.17, 15) is 48.9 Å². The summed E-state index contributed by atoms with van der Waals surface area (Å²) in [6, 6.07) is 3.69. The summed E-state index contributed by atoms with van der Waals surface area (Å²) < 4.78 is 28.4. The lowest BCUT2D eigenvalue weighted by atomic mass is 9.72. The van der Waals surface area contributed by atoms with E-state index in [0.717, 1.165) is 18.9 Å². The number of aliphatic hydroxyl groups is 1. The normalized spacial score (nSPS) is 25.8. The molecule has 57 heavy (non-hydrogen) atoms. The average Bonchev–Trinajstić information content (AvgIpc) is 3.71. The van der Waals surface area contributed by atoms with Crippen molar-refractivity contribution in [2.75, 3.05) is 26.8 Å². The minimum Gasteiger partial charge on any atom is -0.507 e. The third-order valence-corrected chi connectivity index (χ3v) is 10.5. The average molecular weight is 794 g/mol. The molecule has 2 aromatic carbocycles. The highest BCUT2D eigenvalue weighted by Gasteiger charge is 2.51. The summed E-state index contributed by atoms with van der Waals surface area (Å²) in [4.78, 5) is 90.2. The van der Waals surface area contributed by atoms with Gasteiger partial charge in [-0.1, -0.05) is 12.1 Å². The van der Waals surface area contributed by atoms with Crippen LogP contribution < -0.4 is 4.74 Å². The van der Waals surface area contributed by atoms with Crippen molar-refractivity contribution in [3.63, 3.8) is 0 Å². The smallest absolute Gasteiger partial charge is 0.331 e. The van der Waals surface area contributed by atoms with Gasteiger partial charge in [0.25, 0.3) is 0 Å². The van der Waals surface area contributed by atoms with Gasteiger partial charge in [-0.25, -0.2) is 19.2 Å². The van der Waals surface area contributed by atoms with E-state index >= 15 is 0 Å². The predicted molar refractivity (Wildman–Crippen MR) is 190 cm³/mol. The lowest BCUT2D eigenvalue weighted by molar-refractivity contribution is -0.261. The van der Waals surface area contributed by atoms with Gasteiger partial charge in [-0.15, -0.1) is 0 Å². The van der Waals surface area contributed by atoms with Crippen molar-refractivity contribution in [1.82, 2.24) is 4.90 Å². The maximum absolute atomic E-state index is 14.1. The Bertz CT molecular complexity index is 2100. The molecule has 0 saturated carbocycles. The molecule has 0 radical (unpaired) electrons. The molecule has 6 atom stereocenters. The summed E-state index contributed by atoms with van der Waals surface area (Å²) in [5, 5.41) is 53.4. The van der Waals surface area contributed by atoms with E-state index in [1.165, 1.54) is 25.3 Å². The Morgan fingerprint density at radius 3 is 2.21 bits per heavy atom. The number of fused-ring (bicyclic) bond motifs is 3. The number of methoxy groups -OCH3 is 1. The Labute approximate surface area is 323 Å². The van der Waals surface area contributed by atoms with Crippen molar-refractivity contribution >= 4 is 41.2 Å². The number of hydrogen-bond donors (Lipinski definition) is 5. The van der Waals surface area contributed by atoms with Crippen LogP contribution >= 0.6 is 0 Å². The molecule has 2 fully saturated rings. The summed E-state index contributed by atoms with van der Waals surface area (Å²) in [5.74, 6) is -9.33. The Morgan fingerprint density at radius 1 is 0.912 bits per heavy atom. The van der Waals surface area contributed by atoms with Gasteiger partial charge < -0.3 is 49.2 Å². The van der Waals surface area contributed by atoms with Crippen molar-refractivity contribution in [1.29, 1.82) is 0 Å². The predicted octanol–water partition coefficient (Wildman–Crippen LogP) is 1.52. The Morgan fingerprint density at radius 2 is 1.56 bits per heavy atom. The number of aliphatic carboxylic acids is 2. The quantitative estimate of drug-likeness (QED) is 0.0988. The van der Waals surface area contributed by atoms with Gasteiger partial charge in [0.15, 0.2) is 18.7 Å². The highest BCUT2D eigenvalue weighted by atomic mass is 16.7. The van der Waals surface area contributed by atoms with Crippen LogP contribution in [0.1, 0.15) is 81.7 Å². The number of Topliss-reactive ketones (excluding diaryl/α,β-unsaturated/α-hetero) is 1. The number of hydrogen-bond acceptors (Lipinski definition) is 16. The number of esters is 2. The van der Waals surface area contributed by atoms with Crippen LogP contribution in [0.15, 0.2) is 42.5 Å². The molecule has 2 heterocycles. The van der Waals surface area contributed by atoms with Crippen molar-refractivity contribution in [3.05, 3.63) is 75.9 Å².